The van der Waals surface area contributed by atoms with Crippen molar-refractivity contribution in [2.45, 2.75) is 77.3 Å². The molecule has 5 aliphatic heterocycles. The van der Waals surface area contributed by atoms with Crippen LogP contribution in [0.15, 0.2) is 127 Å². The normalized spacial score (nSPS) is 17.5. The van der Waals surface area contributed by atoms with E-state index in [1.54, 1.807) is 65.8 Å². The van der Waals surface area contributed by atoms with Gasteiger partial charge in [0.25, 0.3) is 5.91 Å². The van der Waals surface area contributed by atoms with Crippen molar-refractivity contribution in [1.29, 1.82) is 0 Å². The average molecular weight is 1380 g/mol. The zero-order valence-electron chi connectivity index (χ0n) is 48.5. The van der Waals surface area contributed by atoms with Crippen LogP contribution in [0.3, 0.4) is 0 Å². The number of ether oxygens (including phenoxy) is 1. The number of halogens is 2. The molecule has 0 radical (unpaired) electrons. The van der Waals surface area contributed by atoms with Gasteiger partial charge in [-0.05, 0) is 51.8 Å². The largest absolute Gasteiger partial charge is 0.444 e. The van der Waals surface area contributed by atoms with Gasteiger partial charge in [0.1, 0.15) is 57.0 Å². The number of thiazole rings is 6. The summed E-state index contributed by atoms with van der Waals surface area (Å²) in [5.41, 5.74) is 20.0. The number of hydrogen-bond donors (Lipinski definition) is 3. The second-order valence-corrected chi connectivity index (χ2v) is 25.6. The smallest absolute Gasteiger partial charge is 0.410 e. The maximum atomic E-state index is 12.9. The van der Waals surface area contributed by atoms with Crippen molar-refractivity contribution < 1.29 is 43.4 Å². The fourth-order valence-corrected chi connectivity index (χ4v) is 13.4. The first kappa shape index (κ1) is 66.7. The highest BCUT2D eigenvalue weighted by atomic mass is 35.5. The maximum Gasteiger partial charge on any atom is 0.410 e. The predicted octanol–water partition coefficient (Wildman–Crippen LogP) is 11.5. The number of pyridine rings is 1. The Morgan fingerprint density at radius 3 is 2.00 bits per heavy atom. The van der Waals surface area contributed by atoms with Gasteiger partial charge < -0.3 is 48.6 Å². The summed E-state index contributed by atoms with van der Waals surface area (Å²) in [6, 6.07) is 7.83. The molecule has 472 valence electrons. The lowest BCUT2D eigenvalue weighted by atomic mass is 9.83. The van der Waals surface area contributed by atoms with Crippen LogP contribution in [0.25, 0.3) is 28.3 Å². The Bertz CT molecular complexity index is 3890. The number of aldehydes is 1. The van der Waals surface area contributed by atoms with E-state index in [0.29, 0.717) is 55.2 Å². The number of aromatic nitrogens is 9. The van der Waals surface area contributed by atoms with E-state index in [4.69, 9.17) is 40.6 Å². The Hall–Kier alpha value is -7.72. The zero-order valence-corrected chi connectivity index (χ0v) is 55.0. The van der Waals surface area contributed by atoms with Gasteiger partial charge >= 0.3 is 6.09 Å². The van der Waals surface area contributed by atoms with Gasteiger partial charge in [-0.2, -0.15) is 0 Å². The highest BCUT2D eigenvalue weighted by Gasteiger charge is 2.57. The van der Waals surface area contributed by atoms with E-state index in [-0.39, 0.29) is 35.5 Å². The molecule has 5 aliphatic rings. The van der Waals surface area contributed by atoms with Crippen LogP contribution in [-0.4, -0.2) is 156 Å². The Morgan fingerprint density at radius 2 is 1.41 bits per heavy atom. The number of nitrogens with one attached hydrogen (secondary N) is 1. The standard InChI is InChI=1S/C18H26N4O3S.C18H14N4O2S.C9H9N3OS.C4H3ClN2OS.C4H4N2OS.C4H3NOS.ClH/c1-17(2,3)24-16(23)21-9-6-18(22-7-4-5-8-22)13(10-21)15(20-25-18)14-11-26-12-19-14;23-18(12-7-13-3-1-2-5-21(13)8-12)22-6-4-16-14(9-22)17(20-24-16)15-10-25-11-19-15;1-2-10-3-6-8(1)13-12-9(6)7-4-14-5-11-7;5-4(7-8)3-1-9-2-6-3;7-6-1-4-2-8-3-5-4;6-1-4-2-7-3-5-4;/h11-13H,4-10H2,1-3H3;1-3,5,7-8,10-11H,4,6,9H2;4-5,10H,1-3H2;1-2,8H;1-3,7H;1-3H;1H/b;;;7-4-;6-1+;;. The third-order valence-electron chi connectivity index (χ3n) is 14.2. The van der Waals surface area contributed by atoms with E-state index in [1.165, 1.54) is 70.0 Å². The minimum absolute atomic E-state index is 0. The summed E-state index contributed by atoms with van der Waals surface area (Å²) in [5.74, 6) is 1.88. The zero-order chi connectivity index (χ0) is 62.2. The second-order valence-electron chi connectivity index (χ2n) is 20.9. The number of carbonyl (C=O) groups excluding carboxylic acids is 3. The van der Waals surface area contributed by atoms with Crippen molar-refractivity contribution in [3.8, 4) is 22.8 Å². The molecule has 90 heavy (non-hydrogen) atoms. The summed E-state index contributed by atoms with van der Waals surface area (Å²) in [5, 5.41) is 48.8. The number of likely N-dealkylation sites (tertiary alicyclic amines) is 2. The summed E-state index contributed by atoms with van der Waals surface area (Å²) in [6.07, 6.45) is 10.3. The Kier molecular flexibility index (Phi) is 23.6. The highest BCUT2D eigenvalue weighted by molar-refractivity contribution is 7.09. The SMILES string of the molecule is CC(C)(C)OC(=O)N1CCC2(N3CCCC3)ON=C(c3cscn3)C2C1.Cl.O/N=C(\Cl)c1cscn1.O/N=C/c1cscn1.O=C(c1cc2ccccn2c1)N1CCc2onc(-c3cscn3)c2C1.O=Cc1cscn1.c1nc(-c2noc3c2CNCC3)cs1. The lowest BCUT2D eigenvalue weighted by molar-refractivity contribution is -0.175. The third-order valence-corrected chi connectivity index (χ3v) is 18.0. The van der Waals surface area contributed by atoms with Gasteiger partial charge in [0.2, 0.25) is 5.72 Å². The molecule has 3 N–H and O–H groups in total. The molecule has 2 fully saturated rings. The molecule has 10 aromatic heterocycles. The fourth-order valence-electron chi connectivity index (χ4n) is 10.0. The summed E-state index contributed by atoms with van der Waals surface area (Å²) in [4.78, 5) is 71.8. The topological polar surface area (TPSA) is 303 Å². The molecule has 0 saturated carbocycles. The van der Waals surface area contributed by atoms with Crippen LogP contribution in [0, 0.1) is 5.92 Å². The molecular formula is C57H60Cl2N16O9S6. The van der Waals surface area contributed by atoms with Crippen LogP contribution in [0.4, 0.5) is 4.79 Å². The molecule has 15 rings (SSSR count). The molecule has 0 aromatic carbocycles. The van der Waals surface area contributed by atoms with Gasteiger partial charge in [-0.25, -0.2) is 34.7 Å². The highest BCUT2D eigenvalue weighted by Crippen LogP contribution is 2.44. The lowest BCUT2D eigenvalue weighted by Gasteiger charge is -2.46. The molecular weight excluding hydrogens is 1320 g/mol. The van der Waals surface area contributed by atoms with Gasteiger partial charge in [0.05, 0.1) is 68.7 Å². The Balaban J connectivity index is 0.000000137. The molecule has 0 bridgehead atoms. The number of amides is 2. The summed E-state index contributed by atoms with van der Waals surface area (Å²) < 4.78 is 18.3. The maximum absolute atomic E-state index is 12.9. The molecule has 15 heterocycles. The molecule has 33 heteroatoms. The fraction of sp³-hybridized carbons (Fsp3) is 0.333. The second kappa shape index (κ2) is 31.8. The van der Waals surface area contributed by atoms with Gasteiger partial charge in [-0.1, -0.05) is 43.4 Å². The molecule has 25 nitrogen and oxygen atoms in total. The van der Waals surface area contributed by atoms with Crippen LogP contribution in [0.1, 0.15) is 101 Å². The van der Waals surface area contributed by atoms with Crippen molar-refractivity contribution in [2.75, 3.05) is 39.3 Å². The molecule has 10 aromatic rings. The number of fused-ring (bicyclic) bond motifs is 4. The monoisotopic (exact) mass is 1370 g/mol. The molecule has 2 saturated heterocycles. The van der Waals surface area contributed by atoms with Crippen molar-refractivity contribution >= 4 is 133 Å². The predicted molar refractivity (Wildman–Crippen MR) is 348 cm³/mol. The van der Waals surface area contributed by atoms with Gasteiger partial charge in [-0.15, -0.1) is 80.4 Å². The first-order valence-electron chi connectivity index (χ1n) is 27.7. The van der Waals surface area contributed by atoms with Crippen molar-refractivity contribution in [2.24, 2.45) is 21.4 Å². The summed E-state index contributed by atoms with van der Waals surface area (Å²) in [7, 11) is 0. The number of nitrogens with zero attached hydrogens (tertiary/aromatic N) is 15. The molecule has 0 spiro atoms. The van der Waals surface area contributed by atoms with E-state index >= 15 is 0 Å². The Morgan fingerprint density at radius 1 is 0.778 bits per heavy atom. The molecule has 0 aliphatic carbocycles. The first-order valence-corrected chi connectivity index (χ1v) is 33.7. The van der Waals surface area contributed by atoms with Gasteiger partial charge in [0.15, 0.2) is 11.5 Å². The number of oxime groups is 3. The summed E-state index contributed by atoms with van der Waals surface area (Å²) in [6.45, 7) is 11.8. The van der Waals surface area contributed by atoms with Crippen LogP contribution in [-0.2, 0) is 35.5 Å². The third kappa shape index (κ3) is 16.6. The van der Waals surface area contributed by atoms with E-state index in [9.17, 15) is 14.4 Å². The van der Waals surface area contributed by atoms with E-state index in [0.717, 1.165) is 102 Å². The number of hydrogen-bond acceptors (Lipinski definition) is 28. The minimum Gasteiger partial charge on any atom is -0.444 e. The number of carbonyl (C=O) groups is 3. The quantitative estimate of drug-likeness (QED) is 0.0551. The van der Waals surface area contributed by atoms with E-state index in [1.807, 2.05) is 93.9 Å². The van der Waals surface area contributed by atoms with Crippen molar-refractivity contribution in [1.82, 2.24) is 64.6 Å². The van der Waals surface area contributed by atoms with Crippen LogP contribution in [0.2, 0.25) is 0 Å². The molecule has 2 atom stereocenters. The number of rotatable bonds is 8. The van der Waals surface area contributed by atoms with Crippen LogP contribution in [0.5, 0.6) is 0 Å². The van der Waals surface area contributed by atoms with Gasteiger partial charge in [-0.3, -0.25) is 14.5 Å². The summed E-state index contributed by atoms with van der Waals surface area (Å²) >= 11 is 14.3. The van der Waals surface area contributed by atoms with Crippen molar-refractivity contribution in [3.05, 3.63) is 153 Å². The lowest BCUT2D eigenvalue weighted by Crippen LogP contribution is -2.62. The van der Waals surface area contributed by atoms with E-state index < -0.39 is 11.3 Å². The Labute approximate surface area is 550 Å². The first-order chi connectivity index (χ1) is 43.3. The average Bonchev–Trinajstić information content (AvgIpc) is 1.64. The minimum atomic E-state index is -0.501. The van der Waals surface area contributed by atoms with Crippen molar-refractivity contribution in [3.63, 3.8) is 0 Å². The molecule has 2 amide bonds. The van der Waals surface area contributed by atoms with E-state index in [2.05, 4.69) is 65.9 Å². The van der Waals surface area contributed by atoms with Crippen LogP contribution >= 0.6 is 92.0 Å². The van der Waals surface area contributed by atoms with Crippen LogP contribution < -0.4 is 5.32 Å². The number of piperidine rings is 1. The molecule has 2 unspecified atom stereocenters. The van der Waals surface area contributed by atoms with Gasteiger partial charge in [0, 0.05) is 126 Å².